The number of rotatable bonds is 5. The lowest BCUT2D eigenvalue weighted by Crippen LogP contribution is -2.41. The Morgan fingerprint density at radius 3 is 2.79 bits per heavy atom. The molecule has 0 aliphatic carbocycles. The van der Waals surface area contributed by atoms with Crippen LogP contribution in [0.5, 0.6) is 0 Å². The highest BCUT2D eigenvalue weighted by molar-refractivity contribution is 7.10. The van der Waals surface area contributed by atoms with Crippen molar-refractivity contribution in [3.05, 3.63) is 44.8 Å². The Labute approximate surface area is 120 Å². The van der Waals surface area contributed by atoms with E-state index >= 15 is 0 Å². The summed E-state index contributed by atoms with van der Waals surface area (Å²) in [5, 5.41) is 18.5. The number of carbonyl (C=O) groups is 1. The molecule has 0 saturated carbocycles. The van der Waals surface area contributed by atoms with Gasteiger partial charge in [-0.2, -0.15) is 11.3 Å². The summed E-state index contributed by atoms with van der Waals surface area (Å²) < 4.78 is 0. The van der Waals surface area contributed by atoms with E-state index in [1.807, 2.05) is 48.2 Å². The molecule has 2 rings (SSSR count). The molecule has 3 nitrogen and oxygen atoms in total. The van der Waals surface area contributed by atoms with Crippen LogP contribution in [0.4, 0.5) is 0 Å². The highest BCUT2D eigenvalue weighted by atomic mass is 32.1. The van der Waals surface area contributed by atoms with Gasteiger partial charge in [-0.05, 0) is 47.7 Å². The maximum Gasteiger partial charge on any atom is 0.231 e. The van der Waals surface area contributed by atoms with E-state index in [0.29, 0.717) is 0 Å². The zero-order valence-corrected chi connectivity index (χ0v) is 12.6. The van der Waals surface area contributed by atoms with Crippen LogP contribution in [0.1, 0.15) is 30.4 Å². The molecule has 1 amide bonds. The number of hydrogen-bond donors (Lipinski definition) is 2. The molecule has 0 fully saturated rings. The summed E-state index contributed by atoms with van der Waals surface area (Å²) in [4.78, 5) is 13.2. The summed E-state index contributed by atoms with van der Waals surface area (Å²) in [6.07, 6.45) is -0.644. The Morgan fingerprint density at radius 2 is 2.21 bits per heavy atom. The molecule has 0 saturated heterocycles. The topological polar surface area (TPSA) is 49.3 Å². The number of nitrogens with one attached hydrogen (secondary N) is 1. The summed E-state index contributed by atoms with van der Waals surface area (Å²) in [6, 6.07) is 5.76. The van der Waals surface area contributed by atoms with E-state index in [1.165, 1.54) is 11.3 Å². The van der Waals surface area contributed by atoms with E-state index in [4.69, 9.17) is 0 Å². The van der Waals surface area contributed by atoms with Crippen LogP contribution < -0.4 is 5.32 Å². The van der Waals surface area contributed by atoms with Gasteiger partial charge in [-0.3, -0.25) is 4.79 Å². The normalized spacial score (nSPS) is 13.2. The van der Waals surface area contributed by atoms with Gasteiger partial charge in [-0.25, -0.2) is 0 Å². The molecule has 2 aromatic rings. The van der Waals surface area contributed by atoms with E-state index < -0.39 is 11.5 Å². The molecule has 2 N–H and O–H groups in total. The van der Waals surface area contributed by atoms with Gasteiger partial charge in [-0.1, -0.05) is 6.07 Å². The Morgan fingerprint density at radius 1 is 1.42 bits per heavy atom. The SMILES string of the molecule is CC(C)(C(=O)NC[C@H](O)c1ccsc1)c1cccs1. The second-order valence-corrected chi connectivity index (χ2v) is 6.61. The summed E-state index contributed by atoms with van der Waals surface area (Å²) >= 11 is 3.10. The number of thiophene rings is 2. The Bertz CT molecular complexity index is 518. The third kappa shape index (κ3) is 3.23. The van der Waals surface area contributed by atoms with Gasteiger partial charge in [0.2, 0.25) is 5.91 Å². The van der Waals surface area contributed by atoms with E-state index in [2.05, 4.69) is 5.32 Å². The van der Waals surface area contributed by atoms with E-state index in [0.717, 1.165) is 10.4 Å². The standard InChI is InChI=1S/C14H17NO2S2/c1-14(2,12-4-3-6-19-12)13(17)15-8-11(16)10-5-7-18-9-10/h3-7,9,11,16H,8H2,1-2H3,(H,15,17)/t11-/m0/s1. The lowest BCUT2D eigenvalue weighted by Gasteiger charge is -2.23. The minimum Gasteiger partial charge on any atom is -0.387 e. The molecule has 5 heteroatoms. The number of carbonyl (C=O) groups excluding carboxylic acids is 1. The van der Waals surface area contributed by atoms with Crippen molar-refractivity contribution in [1.29, 1.82) is 0 Å². The van der Waals surface area contributed by atoms with Crippen molar-refractivity contribution in [2.24, 2.45) is 0 Å². The first-order valence-corrected chi connectivity index (χ1v) is 7.86. The Kier molecular flexibility index (Phi) is 4.39. The Balaban J connectivity index is 1.94. The van der Waals surface area contributed by atoms with Crippen molar-refractivity contribution in [3.8, 4) is 0 Å². The summed E-state index contributed by atoms with van der Waals surface area (Å²) in [5.41, 5.74) is 0.280. The fourth-order valence-electron chi connectivity index (χ4n) is 1.74. The van der Waals surface area contributed by atoms with Gasteiger partial charge in [0.05, 0.1) is 11.5 Å². The molecule has 0 bridgehead atoms. The number of aliphatic hydroxyl groups is 1. The van der Waals surface area contributed by atoms with Crippen molar-refractivity contribution in [2.45, 2.75) is 25.4 Å². The second kappa shape index (κ2) is 5.86. The van der Waals surface area contributed by atoms with Crippen molar-refractivity contribution >= 4 is 28.6 Å². The molecule has 1 atom stereocenters. The molecule has 0 unspecified atom stereocenters. The van der Waals surface area contributed by atoms with E-state index in [-0.39, 0.29) is 12.5 Å². The highest BCUT2D eigenvalue weighted by Crippen LogP contribution is 2.27. The minimum atomic E-state index is -0.644. The van der Waals surface area contributed by atoms with Gasteiger partial charge in [0.1, 0.15) is 0 Å². The van der Waals surface area contributed by atoms with Gasteiger partial charge in [-0.15, -0.1) is 11.3 Å². The average Bonchev–Trinajstić information content (AvgIpc) is 3.06. The van der Waals surface area contributed by atoms with Crippen molar-refractivity contribution < 1.29 is 9.90 Å². The predicted molar refractivity (Wildman–Crippen MR) is 79.6 cm³/mol. The molecule has 19 heavy (non-hydrogen) atoms. The van der Waals surface area contributed by atoms with Crippen LogP contribution in [0.25, 0.3) is 0 Å². The fourth-order valence-corrected chi connectivity index (χ4v) is 3.29. The van der Waals surface area contributed by atoms with Crippen LogP contribution in [-0.4, -0.2) is 17.6 Å². The molecule has 0 radical (unpaired) electrons. The first-order valence-electron chi connectivity index (χ1n) is 6.04. The van der Waals surface area contributed by atoms with Crippen molar-refractivity contribution in [1.82, 2.24) is 5.32 Å². The lowest BCUT2D eigenvalue weighted by atomic mass is 9.90. The molecular weight excluding hydrogens is 278 g/mol. The molecule has 2 aromatic heterocycles. The third-order valence-corrected chi connectivity index (χ3v) is 4.98. The molecule has 0 aliphatic rings. The molecule has 0 aliphatic heterocycles. The highest BCUT2D eigenvalue weighted by Gasteiger charge is 2.30. The van der Waals surface area contributed by atoms with E-state index in [9.17, 15) is 9.90 Å². The lowest BCUT2D eigenvalue weighted by molar-refractivity contribution is -0.126. The summed E-state index contributed by atoms with van der Waals surface area (Å²) in [6.45, 7) is 4.03. The second-order valence-electron chi connectivity index (χ2n) is 4.88. The molecule has 0 aromatic carbocycles. The fraction of sp³-hybridized carbons (Fsp3) is 0.357. The smallest absolute Gasteiger partial charge is 0.231 e. The summed E-state index contributed by atoms with van der Waals surface area (Å²) in [5.74, 6) is -0.0655. The van der Waals surface area contributed by atoms with Crippen LogP contribution in [-0.2, 0) is 10.2 Å². The first-order chi connectivity index (χ1) is 9.01. The van der Waals surface area contributed by atoms with Gasteiger partial charge in [0, 0.05) is 11.4 Å². The summed E-state index contributed by atoms with van der Waals surface area (Å²) in [7, 11) is 0. The number of aliphatic hydroxyl groups excluding tert-OH is 1. The quantitative estimate of drug-likeness (QED) is 0.891. The van der Waals surface area contributed by atoms with Crippen LogP contribution in [0.3, 0.4) is 0 Å². The zero-order valence-electron chi connectivity index (χ0n) is 10.9. The first kappa shape index (κ1) is 14.2. The monoisotopic (exact) mass is 295 g/mol. The maximum atomic E-state index is 12.2. The largest absolute Gasteiger partial charge is 0.387 e. The molecule has 0 spiro atoms. The van der Waals surface area contributed by atoms with Crippen molar-refractivity contribution in [3.63, 3.8) is 0 Å². The minimum absolute atomic E-state index is 0.0655. The van der Waals surface area contributed by atoms with Gasteiger partial charge in [0.25, 0.3) is 0 Å². The molecule has 2 heterocycles. The van der Waals surface area contributed by atoms with Crippen LogP contribution >= 0.6 is 22.7 Å². The molecule has 102 valence electrons. The van der Waals surface area contributed by atoms with Gasteiger partial charge < -0.3 is 10.4 Å². The van der Waals surface area contributed by atoms with E-state index in [1.54, 1.807) is 11.3 Å². The maximum absolute atomic E-state index is 12.2. The number of amides is 1. The molecular formula is C14H17NO2S2. The van der Waals surface area contributed by atoms with Gasteiger partial charge in [0.15, 0.2) is 0 Å². The van der Waals surface area contributed by atoms with Gasteiger partial charge >= 0.3 is 0 Å². The van der Waals surface area contributed by atoms with Crippen LogP contribution in [0, 0.1) is 0 Å². The van der Waals surface area contributed by atoms with Crippen LogP contribution in [0.15, 0.2) is 34.3 Å². The average molecular weight is 295 g/mol. The third-order valence-electron chi connectivity index (χ3n) is 3.09. The zero-order chi connectivity index (χ0) is 13.9. The Hall–Kier alpha value is -1.17. The predicted octanol–water partition coefficient (Wildman–Crippen LogP) is 2.94. The number of hydrogen-bond acceptors (Lipinski definition) is 4. The van der Waals surface area contributed by atoms with Crippen LogP contribution in [0.2, 0.25) is 0 Å². The van der Waals surface area contributed by atoms with Crippen molar-refractivity contribution in [2.75, 3.05) is 6.54 Å².